The van der Waals surface area contributed by atoms with Gasteiger partial charge in [0.05, 0.1) is 5.56 Å². The lowest BCUT2D eigenvalue weighted by molar-refractivity contribution is -0.453. The lowest BCUT2D eigenvalue weighted by atomic mass is 10.1. The number of aryl methyl sites for hydroxylation is 1. The Morgan fingerprint density at radius 3 is 2.44 bits per heavy atom. The Bertz CT molecular complexity index is 609. The molecule has 0 unspecified atom stereocenters. The molecule has 2 heteroatoms. The topological polar surface area (TPSA) is 29.0 Å². The van der Waals surface area contributed by atoms with Crippen LogP contribution < -0.4 is 5.73 Å². The molecule has 90 valence electrons. The molecule has 0 radical (unpaired) electrons. The summed E-state index contributed by atoms with van der Waals surface area (Å²) in [5.41, 5.74) is 11.2. The normalized spacial score (nSPS) is 13.8. The third-order valence-electron chi connectivity index (χ3n) is 3.57. The Balaban J connectivity index is 2.01. The first-order valence-corrected chi connectivity index (χ1v) is 6.37. The molecule has 2 nitrogen and oxygen atoms in total. The summed E-state index contributed by atoms with van der Waals surface area (Å²) in [5.74, 6) is 0.856. The molecule has 1 aliphatic heterocycles. The lowest BCUT2D eigenvalue weighted by Crippen LogP contribution is -2.19. The van der Waals surface area contributed by atoms with Gasteiger partial charge in [-0.05, 0) is 30.2 Å². The highest BCUT2D eigenvalue weighted by Crippen LogP contribution is 2.23. The summed E-state index contributed by atoms with van der Waals surface area (Å²) < 4.78 is 2.17. The van der Waals surface area contributed by atoms with Crippen molar-refractivity contribution >= 4 is 11.5 Å². The monoisotopic (exact) mass is 237 g/mol. The fraction of sp³-hybridized carbons (Fsp3) is 0.188. The van der Waals surface area contributed by atoms with Crippen molar-refractivity contribution in [3.63, 3.8) is 0 Å². The molecule has 1 aliphatic rings. The van der Waals surface area contributed by atoms with Crippen LogP contribution in [0.15, 0.2) is 48.5 Å². The van der Waals surface area contributed by atoms with Gasteiger partial charge in [-0.3, -0.25) is 5.73 Å². The molecule has 3 rings (SSSR count). The zero-order chi connectivity index (χ0) is 12.5. The average Bonchev–Trinajstić information content (AvgIpc) is 2.77. The van der Waals surface area contributed by atoms with Crippen molar-refractivity contribution in [3.8, 4) is 0 Å². The zero-order valence-electron chi connectivity index (χ0n) is 10.6. The average molecular weight is 237 g/mol. The highest BCUT2D eigenvalue weighted by molar-refractivity contribution is 5.97. The van der Waals surface area contributed by atoms with Crippen LogP contribution in [0.4, 0.5) is 5.69 Å². The van der Waals surface area contributed by atoms with Crippen LogP contribution in [0.25, 0.3) is 0 Å². The van der Waals surface area contributed by atoms with Crippen LogP contribution >= 0.6 is 0 Å². The number of nitrogens with two attached hydrogens (primary N) is 1. The van der Waals surface area contributed by atoms with E-state index in [1.165, 1.54) is 16.8 Å². The van der Waals surface area contributed by atoms with Crippen molar-refractivity contribution < 1.29 is 4.58 Å². The number of rotatable bonds is 2. The molecule has 0 aliphatic carbocycles. The molecular weight excluding hydrogens is 220 g/mol. The maximum atomic E-state index is 6.24. The van der Waals surface area contributed by atoms with Crippen LogP contribution in [0.3, 0.4) is 0 Å². The maximum absolute atomic E-state index is 6.24. The van der Waals surface area contributed by atoms with Gasteiger partial charge in [0.1, 0.15) is 12.2 Å². The first-order valence-electron chi connectivity index (χ1n) is 6.37. The number of hydrogen-bond donors (Lipinski definition) is 1. The second-order valence-corrected chi connectivity index (χ2v) is 4.65. The quantitative estimate of drug-likeness (QED) is 0.799. The molecule has 0 fully saturated rings. The maximum Gasteiger partial charge on any atom is 0.280 e. The Kier molecular flexibility index (Phi) is 2.63. The van der Waals surface area contributed by atoms with Crippen LogP contribution in [-0.2, 0) is 13.0 Å². The number of hydrogen-bond acceptors (Lipinski definition) is 1. The fourth-order valence-corrected chi connectivity index (χ4v) is 2.45. The van der Waals surface area contributed by atoms with Crippen LogP contribution in [0.1, 0.15) is 23.6 Å². The third-order valence-corrected chi connectivity index (χ3v) is 3.57. The van der Waals surface area contributed by atoms with Gasteiger partial charge in [0.25, 0.3) is 5.84 Å². The van der Waals surface area contributed by atoms with E-state index in [2.05, 4.69) is 54.0 Å². The molecule has 0 atom stereocenters. The van der Waals surface area contributed by atoms with E-state index in [-0.39, 0.29) is 0 Å². The van der Waals surface area contributed by atoms with Crippen molar-refractivity contribution in [2.75, 3.05) is 0 Å². The molecule has 2 N–H and O–H groups in total. The highest BCUT2D eigenvalue weighted by atomic mass is 15.1. The molecule has 2 aromatic carbocycles. The van der Waals surface area contributed by atoms with Gasteiger partial charge < -0.3 is 0 Å². The predicted octanol–water partition coefficient (Wildman–Crippen LogP) is 2.81. The van der Waals surface area contributed by atoms with Crippen LogP contribution in [0.5, 0.6) is 0 Å². The standard InChI is InChI=1S/C16H16N2/c1-2-12-7-9-14(10-8-12)18-11-13-5-3-4-6-15(13)16(18)17/h3-10,17H,2,11H2,1H3/p+1. The molecular formula is C16H17N2+. The fourth-order valence-electron chi connectivity index (χ4n) is 2.45. The molecule has 1 heterocycles. The minimum absolute atomic E-state index is 0.856. The van der Waals surface area contributed by atoms with Crippen LogP contribution in [-0.4, -0.2) is 10.4 Å². The molecule has 0 spiro atoms. The highest BCUT2D eigenvalue weighted by Gasteiger charge is 2.25. The van der Waals surface area contributed by atoms with Gasteiger partial charge in [0.15, 0.2) is 0 Å². The summed E-state index contributed by atoms with van der Waals surface area (Å²) in [6.45, 7) is 3.04. The number of amidine groups is 1. The Morgan fingerprint density at radius 2 is 1.78 bits per heavy atom. The van der Waals surface area contributed by atoms with E-state index in [1.54, 1.807) is 0 Å². The first kappa shape index (κ1) is 11.0. The molecule has 0 saturated heterocycles. The van der Waals surface area contributed by atoms with E-state index in [4.69, 9.17) is 5.73 Å². The van der Waals surface area contributed by atoms with E-state index < -0.39 is 0 Å². The Labute approximate surface area is 107 Å². The summed E-state index contributed by atoms with van der Waals surface area (Å²) in [6, 6.07) is 17.0. The van der Waals surface area contributed by atoms with Crippen molar-refractivity contribution in [2.45, 2.75) is 19.9 Å². The molecule has 2 aromatic rings. The van der Waals surface area contributed by atoms with Gasteiger partial charge >= 0.3 is 0 Å². The van der Waals surface area contributed by atoms with Gasteiger partial charge in [-0.25, -0.2) is 4.58 Å². The molecule has 0 bridgehead atoms. The summed E-state index contributed by atoms with van der Waals surface area (Å²) in [5, 5.41) is 0. The zero-order valence-corrected chi connectivity index (χ0v) is 10.6. The second kappa shape index (κ2) is 4.30. The first-order chi connectivity index (χ1) is 8.79. The van der Waals surface area contributed by atoms with Gasteiger partial charge in [0.2, 0.25) is 0 Å². The number of fused-ring (bicyclic) bond motifs is 1. The summed E-state index contributed by atoms with van der Waals surface area (Å²) in [4.78, 5) is 0. The van der Waals surface area contributed by atoms with Crippen molar-refractivity contribution in [2.24, 2.45) is 5.73 Å². The van der Waals surface area contributed by atoms with Crippen molar-refractivity contribution in [3.05, 3.63) is 65.2 Å². The molecule has 0 saturated carbocycles. The van der Waals surface area contributed by atoms with Crippen molar-refractivity contribution in [1.82, 2.24) is 0 Å². The SMILES string of the molecule is CCc1ccc([N+]2=C(N)c3ccccc3C2)cc1. The van der Waals surface area contributed by atoms with Gasteiger partial charge in [-0.1, -0.05) is 37.3 Å². The van der Waals surface area contributed by atoms with Gasteiger partial charge in [-0.15, -0.1) is 0 Å². The van der Waals surface area contributed by atoms with Gasteiger partial charge in [0, 0.05) is 5.56 Å². The Morgan fingerprint density at radius 1 is 1.06 bits per heavy atom. The lowest BCUT2D eigenvalue weighted by Gasteiger charge is -2.03. The largest absolute Gasteiger partial charge is 0.286 e. The molecule has 0 aromatic heterocycles. The van der Waals surface area contributed by atoms with Gasteiger partial charge in [-0.2, -0.15) is 0 Å². The minimum Gasteiger partial charge on any atom is -0.286 e. The smallest absolute Gasteiger partial charge is 0.280 e. The molecule has 0 amide bonds. The van der Waals surface area contributed by atoms with Crippen molar-refractivity contribution in [1.29, 1.82) is 0 Å². The molecule has 18 heavy (non-hydrogen) atoms. The van der Waals surface area contributed by atoms with Crippen LogP contribution in [0.2, 0.25) is 0 Å². The van der Waals surface area contributed by atoms with E-state index in [9.17, 15) is 0 Å². The van der Waals surface area contributed by atoms with E-state index in [0.29, 0.717) is 0 Å². The number of benzene rings is 2. The Hall–Kier alpha value is -2.09. The second-order valence-electron chi connectivity index (χ2n) is 4.65. The van der Waals surface area contributed by atoms with Crippen LogP contribution in [0, 0.1) is 0 Å². The summed E-state index contributed by atoms with van der Waals surface area (Å²) >= 11 is 0. The third kappa shape index (κ3) is 1.70. The van der Waals surface area contributed by atoms with E-state index in [0.717, 1.165) is 24.4 Å². The summed E-state index contributed by atoms with van der Waals surface area (Å²) in [7, 11) is 0. The minimum atomic E-state index is 0.856. The summed E-state index contributed by atoms with van der Waals surface area (Å²) in [6.07, 6.45) is 1.07. The number of nitrogens with zero attached hydrogens (tertiary/aromatic N) is 1. The predicted molar refractivity (Wildman–Crippen MR) is 74.2 cm³/mol. The van der Waals surface area contributed by atoms with E-state index >= 15 is 0 Å². The van der Waals surface area contributed by atoms with E-state index in [1.807, 2.05) is 6.07 Å².